The lowest BCUT2D eigenvalue weighted by Crippen LogP contribution is -2.08. The van der Waals surface area contributed by atoms with Crippen LogP contribution in [0.1, 0.15) is 117 Å². The molecular formula is C28H46N4O2. The van der Waals surface area contributed by atoms with Crippen LogP contribution in [0.5, 0.6) is 0 Å². The van der Waals surface area contributed by atoms with E-state index in [9.17, 15) is 9.81 Å². The van der Waals surface area contributed by atoms with Gasteiger partial charge in [0.2, 0.25) is 0 Å². The highest BCUT2D eigenvalue weighted by Crippen LogP contribution is 2.22. The molecule has 0 aromatic heterocycles. The first kappa shape index (κ1) is 29.5. The van der Waals surface area contributed by atoms with Gasteiger partial charge in [-0.15, -0.1) is 9.81 Å². The van der Waals surface area contributed by atoms with Crippen LogP contribution in [0.3, 0.4) is 0 Å². The van der Waals surface area contributed by atoms with Crippen molar-refractivity contribution in [2.45, 2.75) is 117 Å². The van der Waals surface area contributed by atoms with E-state index in [0.717, 1.165) is 25.7 Å². The van der Waals surface area contributed by atoms with E-state index >= 15 is 0 Å². The summed E-state index contributed by atoms with van der Waals surface area (Å²) in [7, 11) is 0. The number of nitroso groups, excluding NO2 is 2. The van der Waals surface area contributed by atoms with E-state index in [0.29, 0.717) is 11.4 Å². The lowest BCUT2D eigenvalue weighted by molar-refractivity contribution is 0.592. The average molecular weight is 471 g/mol. The van der Waals surface area contributed by atoms with Gasteiger partial charge in [-0.2, -0.15) is 0 Å². The molecule has 0 atom stereocenters. The summed E-state index contributed by atoms with van der Waals surface area (Å²) in [6.07, 6.45) is 27.0. The Morgan fingerprint density at radius 1 is 0.559 bits per heavy atom. The van der Waals surface area contributed by atoms with Gasteiger partial charge in [-0.3, -0.25) is 0 Å². The Bertz CT molecular complexity index is 629. The normalized spacial score (nSPS) is 11.4. The Balaban J connectivity index is 2.39. The van der Waals surface area contributed by atoms with Crippen LogP contribution in [0.2, 0.25) is 0 Å². The second-order valence-corrected chi connectivity index (χ2v) is 8.96. The van der Waals surface area contributed by atoms with E-state index in [1.165, 1.54) is 87.1 Å². The van der Waals surface area contributed by atoms with E-state index < -0.39 is 0 Å². The van der Waals surface area contributed by atoms with Crippen LogP contribution >= 0.6 is 0 Å². The fourth-order valence-corrected chi connectivity index (χ4v) is 3.87. The summed E-state index contributed by atoms with van der Waals surface area (Å²) in [6.45, 7) is 4.46. The number of nitrogens with zero attached hydrogens (tertiary/aromatic N) is 4. The van der Waals surface area contributed by atoms with Crippen LogP contribution in [0, 0.1) is 9.81 Å². The Kier molecular flexibility index (Phi) is 18.3. The molecule has 6 heteroatoms. The van der Waals surface area contributed by atoms with Gasteiger partial charge in [-0.05, 0) is 49.9 Å². The van der Waals surface area contributed by atoms with Crippen LogP contribution in [0.15, 0.2) is 59.4 Å². The van der Waals surface area contributed by atoms with Crippen molar-refractivity contribution in [3.63, 3.8) is 0 Å². The molecule has 0 aliphatic rings. The van der Waals surface area contributed by atoms with Crippen molar-refractivity contribution in [2.24, 2.45) is 10.6 Å². The maximum Gasteiger partial charge on any atom is 0.0679 e. The Morgan fingerprint density at radius 3 is 1.21 bits per heavy atom. The highest BCUT2D eigenvalue weighted by atomic mass is 16.3. The fraction of sp³-hybridized carbons (Fsp3) is 0.643. The van der Waals surface area contributed by atoms with Crippen LogP contribution < -0.4 is 10.0 Å². The minimum Gasteiger partial charge on any atom is -0.205 e. The van der Waals surface area contributed by atoms with Gasteiger partial charge in [-0.25, -0.2) is 10.0 Å². The molecule has 0 bridgehead atoms. The highest BCUT2D eigenvalue weighted by Gasteiger charge is 2.06. The molecule has 0 unspecified atom stereocenters. The molecule has 0 spiro atoms. The zero-order valence-electron chi connectivity index (χ0n) is 21.5. The predicted molar refractivity (Wildman–Crippen MR) is 146 cm³/mol. The second kappa shape index (κ2) is 21.1. The molecule has 1 aromatic rings. The molecule has 1 rings (SSSR count). The summed E-state index contributed by atoms with van der Waals surface area (Å²) in [5.74, 6) is 0. The van der Waals surface area contributed by atoms with Gasteiger partial charge in [0.15, 0.2) is 0 Å². The number of benzene rings is 1. The van der Waals surface area contributed by atoms with Crippen LogP contribution in [-0.2, 0) is 0 Å². The van der Waals surface area contributed by atoms with Crippen molar-refractivity contribution in [1.82, 2.24) is 0 Å². The topological polar surface area (TPSA) is 65.3 Å². The Labute approximate surface area is 207 Å². The van der Waals surface area contributed by atoms with Crippen LogP contribution in [0.4, 0.5) is 11.4 Å². The fourth-order valence-electron chi connectivity index (χ4n) is 3.87. The summed E-state index contributed by atoms with van der Waals surface area (Å²) >= 11 is 0. The van der Waals surface area contributed by atoms with Crippen molar-refractivity contribution >= 4 is 11.4 Å². The molecule has 0 aliphatic heterocycles. The molecular weight excluding hydrogens is 424 g/mol. The molecule has 0 N–H and O–H groups in total. The molecule has 6 nitrogen and oxygen atoms in total. The van der Waals surface area contributed by atoms with Crippen LogP contribution in [-0.4, -0.2) is 0 Å². The minimum atomic E-state index is 0.660. The molecule has 190 valence electrons. The number of anilines is 2. The predicted octanol–water partition coefficient (Wildman–Crippen LogP) is 9.97. The third-order valence-electron chi connectivity index (χ3n) is 6.00. The highest BCUT2D eigenvalue weighted by molar-refractivity contribution is 5.57. The number of rotatable bonds is 22. The van der Waals surface area contributed by atoms with E-state index in [-0.39, 0.29) is 0 Å². The van der Waals surface area contributed by atoms with Gasteiger partial charge in [0.05, 0.1) is 21.9 Å². The lowest BCUT2D eigenvalue weighted by atomic mass is 10.1. The standard InChI is InChI=1S/C28H46N4O2/c1-3-5-7-9-11-13-15-17-19-25-31(29-33)27-21-23-28(24-22-27)32(30-34)26-20-18-16-14-12-10-8-6-4-2/h19-26H,3-18H2,1-2H3/b25-19+,26-20+. The minimum absolute atomic E-state index is 0.660. The average Bonchev–Trinajstić information content (AvgIpc) is 2.87. The number of unbranched alkanes of at least 4 members (excludes halogenated alkanes) is 14. The lowest BCUT2D eigenvalue weighted by Gasteiger charge is -2.13. The van der Waals surface area contributed by atoms with Crippen molar-refractivity contribution in [3.05, 3.63) is 58.6 Å². The third-order valence-corrected chi connectivity index (χ3v) is 6.00. The zero-order valence-corrected chi connectivity index (χ0v) is 21.5. The molecule has 0 saturated carbocycles. The first-order valence-electron chi connectivity index (χ1n) is 13.4. The van der Waals surface area contributed by atoms with Crippen molar-refractivity contribution in [1.29, 1.82) is 0 Å². The van der Waals surface area contributed by atoms with Gasteiger partial charge in [0.25, 0.3) is 0 Å². The van der Waals surface area contributed by atoms with Crippen molar-refractivity contribution < 1.29 is 0 Å². The first-order chi connectivity index (χ1) is 16.8. The van der Waals surface area contributed by atoms with Crippen molar-refractivity contribution in [3.8, 4) is 0 Å². The van der Waals surface area contributed by atoms with Gasteiger partial charge >= 0.3 is 0 Å². The smallest absolute Gasteiger partial charge is 0.0679 e. The SMILES string of the molecule is CCCCCCCCC/C=C/N(N=O)c1ccc(N(/C=C/CCCCCCCCC)N=O)cc1. The quantitative estimate of drug-likeness (QED) is 0.0960. The summed E-state index contributed by atoms with van der Waals surface area (Å²) < 4.78 is 0. The number of hydrogen-bond donors (Lipinski definition) is 0. The number of allylic oxidation sites excluding steroid dienone is 2. The second-order valence-electron chi connectivity index (χ2n) is 8.96. The molecule has 0 saturated heterocycles. The molecule has 0 fully saturated rings. The first-order valence-corrected chi connectivity index (χ1v) is 13.4. The Morgan fingerprint density at radius 2 is 0.882 bits per heavy atom. The Hall–Kier alpha value is -2.50. The molecule has 0 heterocycles. The molecule has 0 amide bonds. The van der Waals surface area contributed by atoms with E-state index in [1.807, 2.05) is 12.2 Å². The van der Waals surface area contributed by atoms with Gasteiger partial charge in [0.1, 0.15) is 0 Å². The summed E-state index contributed by atoms with van der Waals surface area (Å²) in [6, 6.07) is 7.10. The van der Waals surface area contributed by atoms with E-state index in [1.54, 1.807) is 36.7 Å². The summed E-state index contributed by atoms with van der Waals surface area (Å²) in [5, 5.41) is 8.85. The van der Waals surface area contributed by atoms with E-state index in [2.05, 4.69) is 24.4 Å². The molecule has 34 heavy (non-hydrogen) atoms. The maximum atomic E-state index is 11.3. The summed E-state index contributed by atoms with van der Waals surface area (Å²) in [5.41, 5.74) is 1.32. The molecule has 1 aromatic carbocycles. The number of hydrogen-bond acceptors (Lipinski definition) is 4. The largest absolute Gasteiger partial charge is 0.205 e. The van der Waals surface area contributed by atoms with Gasteiger partial charge in [-0.1, -0.05) is 103 Å². The molecule has 0 radical (unpaired) electrons. The monoisotopic (exact) mass is 470 g/mol. The van der Waals surface area contributed by atoms with E-state index in [4.69, 9.17) is 0 Å². The van der Waals surface area contributed by atoms with Crippen LogP contribution in [0.25, 0.3) is 0 Å². The maximum absolute atomic E-state index is 11.3. The molecule has 0 aliphatic carbocycles. The van der Waals surface area contributed by atoms with Gasteiger partial charge in [0, 0.05) is 12.4 Å². The zero-order chi connectivity index (χ0) is 24.7. The van der Waals surface area contributed by atoms with Gasteiger partial charge < -0.3 is 0 Å². The summed E-state index contributed by atoms with van der Waals surface area (Å²) in [4.78, 5) is 22.6. The third kappa shape index (κ3) is 13.9. The van der Waals surface area contributed by atoms with Crippen molar-refractivity contribution in [2.75, 3.05) is 10.0 Å².